The predicted octanol–water partition coefficient (Wildman–Crippen LogP) is 1.90. The Labute approximate surface area is 196 Å². The smallest absolute Gasteiger partial charge is 0.431 e. The number of carbonyl (C=O) groups is 1. The van der Waals surface area contributed by atoms with Gasteiger partial charge in [0.1, 0.15) is 48.9 Å². The van der Waals surface area contributed by atoms with E-state index in [1.54, 1.807) is 41.7 Å². The first kappa shape index (κ1) is 22.5. The summed E-state index contributed by atoms with van der Waals surface area (Å²) in [5, 5.41) is 14.7. The van der Waals surface area contributed by atoms with Gasteiger partial charge in [-0.05, 0) is 38.8 Å². The van der Waals surface area contributed by atoms with Gasteiger partial charge < -0.3 is 28.6 Å². The molecule has 4 atom stereocenters. The van der Waals surface area contributed by atoms with E-state index < -0.39 is 35.9 Å². The Morgan fingerprint density at radius 2 is 2.15 bits per heavy atom. The van der Waals surface area contributed by atoms with Gasteiger partial charge in [-0.3, -0.25) is 0 Å². The van der Waals surface area contributed by atoms with Gasteiger partial charge >= 0.3 is 6.16 Å². The summed E-state index contributed by atoms with van der Waals surface area (Å²) in [6.07, 6.45) is 1.63. The van der Waals surface area contributed by atoms with E-state index in [4.69, 9.17) is 23.7 Å². The fourth-order valence-electron chi connectivity index (χ4n) is 4.21. The number of nitrogens with zero attached hydrogens (tertiary/aromatic N) is 6. The highest BCUT2D eigenvalue weighted by molar-refractivity contribution is 5.71. The second-order valence-corrected chi connectivity index (χ2v) is 9.21. The summed E-state index contributed by atoms with van der Waals surface area (Å²) in [4.78, 5) is 22.4. The van der Waals surface area contributed by atoms with Gasteiger partial charge in [0.25, 0.3) is 0 Å². The van der Waals surface area contributed by atoms with E-state index in [2.05, 4.69) is 21.1 Å². The van der Waals surface area contributed by atoms with Gasteiger partial charge in [0.05, 0.1) is 12.0 Å². The predicted molar refractivity (Wildman–Crippen MR) is 116 cm³/mol. The number of aromatic nitrogens is 3. The number of ether oxygens (including phenoxy) is 5. The molecule has 2 aliphatic heterocycles. The highest BCUT2D eigenvalue weighted by Crippen LogP contribution is 2.49. The van der Waals surface area contributed by atoms with Crippen LogP contribution in [-0.2, 0) is 29.3 Å². The molecule has 180 valence electrons. The highest BCUT2D eigenvalue weighted by atomic mass is 16.8. The van der Waals surface area contributed by atoms with Crippen molar-refractivity contribution in [2.45, 2.75) is 62.5 Å². The molecule has 0 amide bonds. The summed E-state index contributed by atoms with van der Waals surface area (Å²) in [6.45, 7) is 3.38. The van der Waals surface area contributed by atoms with Crippen LogP contribution in [0, 0.1) is 11.3 Å². The van der Waals surface area contributed by atoms with E-state index in [0.29, 0.717) is 17.0 Å². The molecule has 3 fully saturated rings. The van der Waals surface area contributed by atoms with Crippen LogP contribution >= 0.6 is 0 Å². The van der Waals surface area contributed by atoms with Crippen molar-refractivity contribution in [2.24, 2.45) is 4.99 Å². The topological polar surface area (TPSA) is 133 Å². The Kier molecular flexibility index (Phi) is 5.43. The molecule has 1 aliphatic carbocycles. The summed E-state index contributed by atoms with van der Waals surface area (Å²) < 4.78 is 30.4. The van der Waals surface area contributed by atoms with Crippen molar-refractivity contribution >= 4 is 23.8 Å². The molecule has 12 heteroatoms. The quantitative estimate of drug-likeness (QED) is 0.350. The summed E-state index contributed by atoms with van der Waals surface area (Å²) in [5.41, 5.74) is -0.541. The molecule has 12 nitrogen and oxygen atoms in total. The molecule has 0 unspecified atom stereocenters. The minimum Gasteiger partial charge on any atom is -0.431 e. The molecule has 0 N–H and O–H groups in total. The Morgan fingerprint density at radius 1 is 1.35 bits per heavy atom. The lowest BCUT2D eigenvalue weighted by Crippen LogP contribution is -2.40. The maximum absolute atomic E-state index is 12.0. The van der Waals surface area contributed by atoms with Crippen molar-refractivity contribution in [3.05, 3.63) is 24.2 Å². The standard InChI is InChI=1S/C22H26N6O6/c1-21(2)33-17-15(9-30-20(29)31-13-5-6-13)32-22(10-23,18(17)34-21)16-8-7-14-19(25-12-27(3)4)24-11-26-28(14)16/h7-8,11-13,15,17-18H,5-6,9H2,1-4H3/t15-,17-,18-,22+/m1/s1. The first-order chi connectivity index (χ1) is 16.2. The molecule has 2 saturated heterocycles. The lowest BCUT2D eigenvalue weighted by Gasteiger charge is -2.28. The summed E-state index contributed by atoms with van der Waals surface area (Å²) >= 11 is 0. The fourth-order valence-corrected chi connectivity index (χ4v) is 4.21. The van der Waals surface area contributed by atoms with E-state index in [1.165, 1.54) is 6.33 Å². The number of aliphatic imine (C=N–C) groups is 1. The molecule has 0 spiro atoms. The average Bonchev–Trinajstić information content (AvgIpc) is 3.27. The van der Waals surface area contributed by atoms with Gasteiger partial charge in [0.15, 0.2) is 11.6 Å². The van der Waals surface area contributed by atoms with Crippen LogP contribution in [0.5, 0.6) is 0 Å². The highest BCUT2D eigenvalue weighted by Gasteiger charge is 2.65. The number of hydrogen-bond donors (Lipinski definition) is 0. The third kappa shape index (κ3) is 3.96. The molecular formula is C22H26N6O6. The van der Waals surface area contributed by atoms with E-state index in [0.717, 1.165) is 12.8 Å². The summed E-state index contributed by atoms with van der Waals surface area (Å²) in [6, 6.07) is 5.79. The Hall–Kier alpha value is -3.27. The van der Waals surface area contributed by atoms with Crippen LogP contribution in [0.1, 0.15) is 32.4 Å². The van der Waals surface area contributed by atoms with Gasteiger partial charge in [0.2, 0.25) is 5.60 Å². The molecule has 2 aromatic rings. The van der Waals surface area contributed by atoms with Crippen LogP contribution in [0.2, 0.25) is 0 Å². The number of hydrogen-bond acceptors (Lipinski definition) is 10. The van der Waals surface area contributed by atoms with Gasteiger partial charge in [-0.1, -0.05) is 0 Å². The largest absolute Gasteiger partial charge is 0.508 e. The van der Waals surface area contributed by atoms with Crippen LogP contribution in [0.3, 0.4) is 0 Å². The monoisotopic (exact) mass is 470 g/mol. The summed E-state index contributed by atoms with van der Waals surface area (Å²) in [7, 11) is 3.70. The number of nitriles is 1. The van der Waals surface area contributed by atoms with E-state index >= 15 is 0 Å². The maximum atomic E-state index is 12.0. The number of fused-ring (bicyclic) bond motifs is 2. The molecule has 0 radical (unpaired) electrons. The Morgan fingerprint density at radius 3 is 2.85 bits per heavy atom. The van der Waals surface area contributed by atoms with Crippen LogP contribution in [-0.4, -0.2) is 82.9 Å². The van der Waals surface area contributed by atoms with Crippen LogP contribution in [0.15, 0.2) is 23.5 Å². The molecule has 5 rings (SSSR count). The van der Waals surface area contributed by atoms with Gasteiger partial charge in [-0.2, -0.15) is 10.4 Å². The lowest BCUT2D eigenvalue weighted by atomic mass is 9.92. The van der Waals surface area contributed by atoms with Gasteiger partial charge in [0, 0.05) is 14.1 Å². The van der Waals surface area contributed by atoms with E-state index in [9.17, 15) is 10.1 Å². The van der Waals surface area contributed by atoms with Crippen molar-refractivity contribution < 1.29 is 28.5 Å². The maximum Gasteiger partial charge on any atom is 0.508 e. The minimum atomic E-state index is -1.57. The molecule has 3 aliphatic rings. The van der Waals surface area contributed by atoms with Gasteiger partial charge in [-0.15, -0.1) is 0 Å². The summed E-state index contributed by atoms with van der Waals surface area (Å²) in [5.74, 6) is -0.527. The van der Waals surface area contributed by atoms with Crippen molar-refractivity contribution in [1.82, 2.24) is 19.5 Å². The third-order valence-electron chi connectivity index (χ3n) is 5.78. The zero-order valence-electron chi connectivity index (χ0n) is 19.4. The van der Waals surface area contributed by atoms with Crippen LogP contribution in [0.25, 0.3) is 5.52 Å². The van der Waals surface area contributed by atoms with Crippen molar-refractivity contribution in [3.63, 3.8) is 0 Å². The third-order valence-corrected chi connectivity index (χ3v) is 5.78. The molecule has 4 heterocycles. The second-order valence-electron chi connectivity index (χ2n) is 9.21. The molecule has 0 aromatic carbocycles. The number of rotatable bonds is 6. The Bertz CT molecular complexity index is 1170. The van der Waals surface area contributed by atoms with Gasteiger partial charge in [-0.25, -0.2) is 19.3 Å². The normalized spacial score (nSPS) is 29.8. The molecule has 1 saturated carbocycles. The lowest BCUT2D eigenvalue weighted by molar-refractivity contribution is -0.205. The van der Waals surface area contributed by atoms with Crippen molar-refractivity contribution in [3.8, 4) is 6.07 Å². The zero-order chi connectivity index (χ0) is 24.1. The van der Waals surface area contributed by atoms with Crippen molar-refractivity contribution in [1.29, 1.82) is 5.26 Å². The number of carbonyl (C=O) groups excluding carboxylic acids is 1. The zero-order valence-corrected chi connectivity index (χ0v) is 19.4. The fraction of sp³-hybridized carbons (Fsp3) is 0.591. The first-order valence-corrected chi connectivity index (χ1v) is 11.0. The SMILES string of the molecule is CN(C)C=Nc1ncnn2c([C@]3(C#N)O[C@H](COC(=O)OC4CC4)[C@H]4OC(C)(C)O[C@H]43)ccc12. The average molecular weight is 470 g/mol. The van der Waals surface area contributed by atoms with E-state index in [-0.39, 0.29) is 12.7 Å². The second kappa shape index (κ2) is 8.19. The van der Waals surface area contributed by atoms with Crippen molar-refractivity contribution in [2.75, 3.05) is 20.7 Å². The van der Waals surface area contributed by atoms with E-state index in [1.807, 2.05) is 14.1 Å². The first-order valence-electron chi connectivity index (χ1n) is 11.0. The minimum absolute atomic E-state index is 0.0796. The molecule has 2 aromatic heterocycles. The molecular weight excluding hydrogens is 444 g/mol. The molecule has 0 bridgehead atoms. The molecule has 34 heavy (non-hydrogen) atoms. The van der Waals surface area contributed by atoms with Crippen LogP contribution < -0.4 is 0 Å². The van der Waals surface area contributed by atoms with Crippen LogP contribution in [0.4, 0.5) is 10.6 Å². The Balaban J connectivity index is 1.49.